The Balaban J connectivity index is 2.11. The van der Waals surface area contributed by atoms with Gasteiger partial charge in [-0.05, 0) is 35.0 Å². The summed E-state index contributed by atoms with van der Waals surface area (Å²) in [6.45, 7) is 1.39. The molecule has 0 aliphatic carbocycles. The average Bonchev–Trinajstić information content (AvgIpc) is 2.67. The van der Waals surface area contributed by atoms with Crippen molar-refractivity contribution < 1.29 is 18.7 Å². The summed E-state index contributed by atoms with van der Waals surface area (Å²) in [7, 11) is 0. The predicted octanol–water partition coefficient (Wildman–Crippen LogP) is 3.24. The molecule has 0 saturated carbocycles. The zero-order valence-electron chi connectivity index (χ0n) is 11.0. The van der Waals surface area contributed by atoms with Gasteiger partial charge in [0.1, 0.15) is 18.0 Å². The molecule has 1 aromatic carbocycles. The highest BCUT2D eigenvalue weighted by molar-refractivity contribution is 9.10. The molecule has 112 valence electrons. The molecule has 5 nitrogen and oxygen atoms in total. The van der Waals surface area contributed by atoms with Gasteiger partial charge in [-0.25, -0.2) is 8.78 Å². The molecule has 21 heavy (non-hydrogen) atoms. The van der Waals surface area contributed by atoms with E-state index in [1.807, 2.05) is 0 Å². The quantitative estimate of drug-likeness (QED) is 0.880. The van der Waals surface area contributed by atoms with E-state index in [-0.39, 0.29) is 16.8 Å². The Morgan fingerprint density at radius 3 is 2.81 bits per heavy atom. The van der Waals surface area contributed by atoms with Crippen LogP contribution in [0.4, 0.5) is 14.5 Å². The zero-order valence-corrected chi connectivity index (χ0v) is 12.6. The van der Waals surface area contributed by atoms with Gasteiger partial charge < -0.3 is 10.4 Å². The van der Waals surface area contributed by atoms with Crippen molar-refractivity contribution in [2.24, 2.45) is 0 Å². The van der Waals surface area contributed by atoms with Crippen LogP contribution in [0.3, 0.4) is 0 Å². The van der Waals surface area contributed by atoms with Gasteiger partial charge in [0.2, 0.25) is 5.91 Å². The van der Waals surface area contributed by atoms with Crippen molar-refractivity contribution in [3.8, 4) is 5.75 Å². The molecule has 0 saturated heterocycles. The molecule has 0 bridgehead atoms. The number of phenols is 1. The number of aromatic hydroxyl groups is 1. The topological polar surface area (TPSA) is 67.2 Å². The maximum atomic E-state index is 12.7. The fraction of sp³-hybridized carbons (Fsp3) is 0.231. The first-order chi connectivity index (χ1) is 9.88. The highest BCUT2D eigenvalue weighted by atomic mass is 79.9. The number of aromatic nitrogens is 2. The molecule has 0 fully saturated rings. The number of nitrogens with zero attached hydrogens (tertiary/aromatic N) is 2. The summed E-state index contributed by atoms with van der Waals surface area (Å²) >= 11 is 3.04. The van der Waals surface area contributed by atoms with Crippen LogP contribution in [-0.4, -0.2) is 20.8 Å². The van der Waals surface area contributed by atoms with E-state index < -0.39 is 18.0 Å². The number of halogens is 3. The van der Waals surface area contributed by atoms with E-state index >= 15 is 0 Å². The summed E-state index contributed by atoms with van der Waals surface area (Å²) in [5, 5.41) is 15.6. The summed E-state index contributed by atoms with van der Waals surface area (Å²) < 4.78 is 26.8. The minimum atomic E-state index is -2.71. The van der Waals surface area contributed by atoms with Crippen LogP contribution < -0.4 is 5.32 Å². The van der Waals surface area contributed by atoms with Gasteiger partial charge in [-0.3, -0.25) is 9.48 Å². The molecule has 8 heteroatoms. The van der Waals surface area contributed by atoms with Crippen molar-refractivity contribution in [3.05, 3.63) is 40.1 Å². The molecule has 0 aliphatic heterocycles. The lowest BCUT2D eigenvalue weighted by molar-refractivity contribution is -0.117. The lowest BCUT2D eigenvalue weighted by Crippen LogP contribution is -2.20. The number of phenolic OH excluding ortho intramolecular Hbond substituents is 1. The van der Waals surface area contributed by atoms with E-state index in [2.05, 4.69) is 26.3 Å². The van der Waals surface area contributed by atoms with Crippen LogP contribution in [0.25, 0.3) is 0 Å². The average molecular weight is 360 g/mol. The maximum absolute atomic E-state index is 12.7. The van der Waals surface area contributed by atoms with Gasteiger partial charge in [0, 0.05) is 11.8 Å². The SMILES string of the molecule is Cc1c(Br)c(C(F)F)nn1CC(=O)Nc1cccc(O)c1. The van der Waals surface area contributed by atoms with Crippen LogP contribution in [0.15, 0.2) is 28.7 Å². The Bertz CT molecular complexity index is 673. The highest BCUT2D eigenvalue weighted by Gasteiger charge is 2.21. The second-order valence-corrected chi connectivity index (χ2v) is 5.13. The maximum Gasteiger partial charge on any atom is 0.283 e. The predicted molar refractivity (Wildman–Crippen MR) is 76.4 cm³/mol. The Morgan fingerprint density at radius 2 is 2.24 bits per heavy atom. The number of benzene rings is 1. The second kappa shape index (κ2) is 6.21. The largest absolute Gasteiger partial charge is 0.508 e. The molecule has 0 spiro atoms. The van der Waals surface area contributed by atoms with Gasteiger partial charge in [0.15, 0.2) is 0 Å². The van der Waals surface area contributed by atoms with E-state index in [9.17, 15) is 18.7 Å². The summed E-state index contributed by atoms with van der Waals surface area (Å²) in [6, 6.07) is 6.04. The lowest BCUT2D eigenvalue weighted by Gasteiger charge is -2.07. The number of nitrogens with one attached hydrogen (secondary N) is 1. The standard InChI is InChI=1S/C13H12BrF2N3O2/c1-7-11(14)12(13(15)16)18-19(7)6-10(21)17-8-3-2-4-9(20)5-8/h2-5,13,20H,6H2,1H3,(H,17,21). The Hall–Kier alpha value is -1.96. The number of rotatable bonds is 4. The Morgan fingerprint density at radius 1 is 1.52 bits per heavy atom. The molecule has 2 N–H and O–H groups in total. The number of carbonyl (C=O) groups excluding carboxylic acids is 1. The Labute approximate surface area is 127 Å². The van der Waals surface area contributed by atoms with Crippen LogP contribution >= 0.6 is 15.9 Å². The molecule has 2 aromatic rings. The lowest BCUT2D eigenvalue weighted by atomic mass is 10.3. The minimum Gasteiger partial charge on any atom is -0.508 e. The molecule has 2 rings (SSSR count). The fourth-order valence-electron chi connectivity index (χ4n) is 1.76. The van der Waals surface area contributed by atoms with Crippen molar-refractivity contribution in [1.82, 2.24) is 9.78 Å². The summed E-state index contributed by atoms with van der Waals surface area (Å²) in [5.74, 6) is -0.412. The van der Waals surface area contributed by atoms with Crippen LogP contribution in [0.5, 0.6) is 5.75 Å². The van der Waals surface area contributed by atoms with E-state index in [1.54, 1.807) is 19.1 Å². The summed E-state index contributed by atoms with van der Waals surface area (Å²) in [5.41, 5.74) is 0.465. The van der Waals surface area contributed by atoms with E-state index in [4.69, 9.17) is 0 Å². The van der Waals surface area contributed by atoms with Crippen molar-refractivity contribution in [3.63, 3.8) is 0 Å². The molecule has 0 atom stereocenters. The van der Waals surface area contributed by atoms with Gasteiger partial charge in [-0.2, -0.15) is 5.10 Å². The number of carbonyl (C=O) groups is 1. The zero-order chi connectivity index (χ0) is 15.6. The van der Waals surface area contributed by atoms with Gasteiger partial charge in [0.25, 0.3) is 6.43 Å². The van der Waals surface area contributed by atoms with Crippen LogP contribution in [0.1, 0.15) is 17.8 Å². The van der Waals surface area contributed by atoms with Crippen molar-refractivity contribution >= 4 is 27.5 Å². The number of hydrogen-bond acceptors (Lipinski definition) is 3. The molecule has 0 radical (unpaired) electrons. The van der Waals surface area contributed by atoms with E-state index in [0.29, 0.717) is 11.4 Å². The molecule has 0 unspecified atom stereocenters. The number of amides is 1. The molecule has 1 amide bonds. The Kier molecular flexibility index (Phi) is 4.56. The fourth-order valence-corrected chi connectivity index (χ4v) is 2.22. The smallest absolute Gasteiger partial charge is 0.283 e. The summed E-state index contributed by atoms with van der Waals surface area (Å²) in [6.07, 6.45) is -2.71. The minimum absolute atomic E-state index is 0.0193. The van der Waals surface area contributed by atoms with Crippen LogP contribution in [-0.2, 0) is 11.3 Å². The number of alkyl halides is 2. The van der Waals surface area contributed by atoms with Crippen molar-refractivity contribution in [2.45, 2.75) is 19.9 Å². The van der Waals surface area contributed by atoms with E-state index in [1.165, 1.54) is 16.8 Å². The second-order valence-electron chi connectivity index (χ2n) is 4.34. The molecule has 1 heterocycles. The monoisotopic (exact) mass is 359 g/mol. The third-order valence-corrected chi connectivity index (χ3v) is 3.77. The third kappa shape index (κ3) is 3.57. The first-order valence-electron chi connectivity index (χ1n) is 5.98. The first-order valence-corrected chi connectivity index (χ1v) is 6.77. The van der Waals surface area contributed by atoms with Crippen LogP contribution in [0, 0.1) is 6.92 Å². The van der Waals surface area contributed by atoms with Crippen LogP contribution in [0.2, 0.25) is 0 Å². The van der Waals surface area contributed by atoms with Gasteiger partial charge in [-0.1, -0.05) is 6.07 Å². The van der Waals surface area contributed by atoms with Crippen molar-refractivity contribution in [2.75, 3.05) is 5.32 Å². The van der Waals surface area contributed by atoms with Gasteiger partial charge in [-0.15, -0.1) is 0 Å². The number of hydrogen-bond donors (Lipinski definition) is 2. The third-order valence-electron chi connectivity index (χ3n) is 2.79. The molecule has 0 aliphatic rings. The van der Waals surface area contributed by atoms with Gasteiger partial charge in [0.05, 0.1) is 10.2 Å². The first kappa shape index (κ1) is 15.4. The molecule has 1 aromatic heterocycles. The molecular formula is C13H12BrF2N3O2. The van der Waals surface area contributed by atoms with Gasteiger partial charge >= 0.3 is 0 Å². The molecular weight excluding hydrogens is 348 g/mol. The summed E-state index contributed by atoms with van der Waals surface area (Å²) in [4.78, 5) is 11.9. The van der Waals surface area contributed by atoms with Crippen molar-refractivity contribution in [1.29, 1.82) is 0 Å². The highest BCUT2D eigenvalue weighted by Crippen LogP contribution is 2.29. The normalized spacial score (nSPS) is 10.9. The number of anilines is 1. The van der Waals surface area contributed by atoms with E-state index in [0.717, 1.165) is 0 Å².